The first-order chi connectivity index (χ1) is 20.1. The molecule has 0 spiro atoms. The number of H-pyrrole nitrogens is 1. The lowest BCUT2D eigenvalue weighted by Crippen LogP contribution is -2.44. The zero-order valence-corrected chi connectivity index (χ0v) is 24.3. The number of sulfonamides is 1. The van der Waals surface area contributed by atoms with Gasteiger partial charge >= 0.3 is 0 Å². The molecule has 2 aromatic carbocycles. The summed E-state index contributed by atoms with van der Waals surface area (Å²) in [7, 11) is -1.20. The van der Waals surface area contributed by atoms with E-state index < -0.39 is 15.8 Å². The Bertz CT molecular complexity index is 1700. The maximum atomic E-state index is 13.5. The van der Waals surface area contributed by atoms with E-state index in [1.807, 2.05) is 12.1 Å². The van der Waals surface area contributed by atoms with Gasteiger partial charge < -0.3 is 25.4 Å². The molecule has 1 atom stereocenters. The summed E-state index contributed by atoms with van der Waals surface area (Å²) in [6, 6.07) is 13.2. The van der Waals surface area contributed by atoms with Crippen LogP contribution < -0.4 is 15.5 Å². The van der Waals surface area contributed by atoms with Crippen molar-refractivity contribution in [2.75, 3.05) is 68.1 Å². The SMILES string of the molecule is CN1CCN(c2ccc(Nc3nc(N[C@@H]4CCN(S(C)(=O)=O)C4)c4c(C(=O)c5ccc(F)cc5)c[nH]c4n3)cc2)CC1. The maximum Gasteiger partial charge on any atom is 0.231 e. The van der Waals surface area contributed by atoms with Gasteiger partial charge in [0.15, 0.2) is 5.78 Å². The molecule has 2 saturated heterocycles. The van der Waals surface area contributed by atoms with Crippen LogP contribution in [0.15, 0.2) is 54.7 Å². The summed E-state index contributed by atoms with van der Waals surface area (Å²) < 4.78 is 39.1. The molecule has 2 aliphatic rings. The van der Waals surface area contributed by atoms with Crippen molar-refractivity contribution in [3.63, 3.8) is 0 Å². The number of carbonyl (C=O) groups excluding carboxylic acids is 1. The van der Waals surface area contributed by atoms with Crippen LogP contribution in [0.4, 0.5) is 27.5 Å². The Hall–Kier alpha value is -4.07. The van der Waals surface area contributed by atoms with Crippen LogP contribution in [0, 0.1) is 5.82 Å². The Morgan fingerprint density at radius 3 is 2.38 bits per heavy atom. The van der Waals surface area contributed by atoms with Gasteiger partial charge in [-0.05, 0) is 62.0 Å². The molecule has 220 valence electrons. The number of rotatable bonds is 8. The van der Waals surface area contributed by atoms with E-state index in [1.165, 1.54) is 34.8 Å². The zero-order chi connectivity index (χ0) is 29.4. The molecule has 4 heterocycles. The van der Waals surface area contributed by atoms with Gasteiger partial charge in [0.2, 0.25) is 16.0 Å². The highest BCUT2D eigenvalue weighted by Crippen LogP contribution is 2.31. The quantitative estimate of drug-likeness (QED) is 0.264. The normalized spacial score (nSPS) is 18.5. The largest absolute Gasteiger partial charge is 0.369 e. The van der Waals surface area contributed by atoms with E-state index in [0.29, 0.717) is 46.9 Å². The lowest BCUT2D eigenvalue weighted by molar-refractivity contribution is 0.104. The summed E-state index contributed by atoms with van der Waals surface area (Å²) in [6.07, 6.45) is 3.35. The Morgan fingerprint density at radius 1 is 1.00 bits per heavy atom. The van der Waals surface area contributed by atoms with Gasteiger partial charge in [0.05, 0.1) is 17.2 Å². The van der Waals surface area contributed by atoms with Crippen LogP contribution in [0.3, 0.4) is 0 Å². The lowest BCUT2D eigenvalue weighted by Gasteiger charge is -2.34. The molecule has 0 amide bonds. The summed E-state index contributed by atoms with van der Waals surface area (Å²) in [5.41, 5.74) is 3.05. The molecule has 0 aliphatic carbocycles. The number of ketones is 1. The van der Waals surface area contributed by atoms with Gasteiger partial charge in [-0.2, -0.15) is 9.97 Å². The molecule has 0 bridgehead atoms. The van der Waals surface area contributed by atoms with Crippen LogP contribution in [0.25, 0.3) is 11.0 Å². The highest BCUT2D eigenvalue weighted by molar-refractivity contribution is 7.88. The van der Waals surface area contributed by atoms with Gasteiger partial charge in [0, 0.05) is 68.4 Å². The van der Waals surface area contributed by atoms with Crippen LogP contribution in [-0.2, 0) is 10.0 Å². The van der Waals surface area contributed by atoms with Crippen molar-refractivity contribution in [3.8, 4) is 0 Å². The number of carbonyl (C=O) groups is 1. The van der Waals surface area contributed by atoms with Crippen LogP contribution in [0.5, 0.6) is 0 Å². The van der Waals surface area contributed by atoms with Crippen LogP contribution in [0.2, 0.25) is 0 Å². The number of nitrogens with zero attached hydrogens (tertiary/aromatic N) is 5. The highest BCUT2D eigenvalue weighted by atomic mass is 32.2. The van der Waals surface area contributed by atoms with Crippen molar-refractivity contribution in [2.45, 2.75) is 12.5 Å². The number of likely N-dealkylation sites (N-methyl/N-ethyl adjacent to an activating group) is 1. The van der Waals surface area contributed by atoms with Crippen molar-refractivity contribution < 1.29 is 17.6 Å². The van der Waals surface area contributed by atoms with Crippen molar-refractivity contribution in [1.82, 2.24) is 24.2 Å². The topological polar surface area (TPSA) is 127 Å². The molecule has 6 rings (SSSR count). The van der Waals surface area contributed by atoms with Crippen LogP contribution >= 0.6 is 0 Å². The van der Waals surface area contributed by atoms with Crippen molar-refractivity contribution in [2.24, 2.45) is 0 Å². The predicted octanol–water partition coefficient (Wildman–Crippen LogP) is 3.27. The van der Waals surface area contributed by atoms with Gasteiger partial charge in [0.25, 0.3) is 0 Å². The predicted molar refractivity (Wildman–Crippen MR) is 162 cm³/mol. The average Bonchev–Trinajstić information content (AvgIpc) is 3.62. The Balaban J connectivity index is 1.30. The molecule has 0 saturated carbocycles. The fourth-order valence-electron chi connectivity index (χ4n) is 5.42. The number of benzene rings is 2. The van der Waals surface area contributed by atoms with Gasteiger partial charge in [-0.1, -0.05) is 0 Å². The van der Waals surface area contributed by atoms with E-state index in [9.17, 15) is 17.6 Å². The number of piperazine rings is 1. The van der Waals surface area contributed by atoms with E-state index in [0.717, 1.165) is 37.6 Å². The van der Waals surface area contributed by atoms with E-state index in [-0.39, 0.29) is 18.4 Å². The summed E-state index contributed by atoms with van der Waals surface area (Å²) in [6.45, 7) is 4.67. The second-order valence-electron chi connectivity index (χ2n) is 10.9. The smallest absolute Gasteiger partial charge is 0.231 e. The average molecular weight is 593 g/mol. The number of fused-ring (bicyclic) bond motifs is 1. The summed E-state index contributed by atoms with van der Waals surface area (Å²) in [5, 5.41) is 7.12. The van der Waals surface area contributed by atoms with Crippen LogP contribution in [-0.4, -0.2) is 97.0 Å². The zero-order valence-electron chi connectivity index (χ0n) is 23.5. The molecule has 2 aromatic heterocycles. The first kappa shape index (κ1) is 28.1. The number of hydrogen-bond donors (Lipinski definition) is 3. The Morgan fingerprint density at radius 2 is 1.71 bits per heavy atom. The molecular weight excluding hydrogens is 559 g/mol. The second kappa shape index (κ2) is 11.3. The molecule has 0 unspecified atom stereocenters. The molecular formula is C29H33FN8O3S. The minimum absolute atomic E-state index is 0.211. The number of aromatic nitrogens is 3. The third-order valence-electron chi connectivity index (χ3n) is 7.84. The third-order valence-corrected chi connectivity index (χ3v) is 9.11. The number of hydrogen-bond acceptors (Lipinski definition) is 9. The standard InChI is InChI=1S/C29H33FN8O3S/c1-36-13-15-37(16-14-36)23-9-7-21(8-10-23)33-29-34-27-25(24(17-31-27)26(39)19-3-5-20(30)6-4-19)28(35-29)32-22-11-12-38(18-22)42(2,40)41/h3-10,17,22H,11-16,18H2,1-2H3,(H3,31,32,33,34,35)/t22-/m1/s1. The van der Waals surface area contributed by atoms with Gasteiger partial charge in [-0.3, -0.25) is 4.79 Å². The molecule has 4 aromatic rings. The van der Waals surface area contributed by atoms with E-state index in [1.54, 1.807) is 6.20 Å². The number of anilines is 4. The molecule has 3 N–H and O–H groups in total. The molecule has 0 radical (unpaired) electrons. The number of nitrogens with one attached hydrogen (secondary N) is 3. The number of halogens is 1. The van der Waals surface area contributed by atoms with Gasteiger partial charge in [0.1, 0.15) is 17.3 Å². The van der Waals surface area contributed by atoms with E-state index >= 15 is 0 Å². The van der Waals surface area contributed by atoms with Gasteiger partial charge in [-0.15, -0.1) is 0 Å². The number of aromatic amines is 1. The van der Waals surface area contributed by atoms with Crippen molar-refractivity contribution in [3.05, 3.63) is 71.7 Å². The summed E-state index contributed by atoms with van der Waals surface area (Å²) >= 11 is 0. The molecule has 2 aliphatic heterocycles. The van der Waals surface area contributed by atoms with Gasteiger partial charge in [-0.25, -0.2) is 17.1 Å². The summed E-state index contributed by atoms with van der Waals surface area (Å²) in [5.74, 6) is -0.0148. The Labute approximate surface area is 243 Å². The molecule has 42 heavy (non-hydrogen) atoms. The van der Waals surface area contributed by atoms with E-state index in [2.05, 4.69) is 49.6 Å². The molecule has 13 heteroatoms. The molecule has 2 fully saturated rings. The first-order valence-corrected chi connectivity index (χ1v) is 15.7. The second-order valence-corrected chi connectivity index (χ2v) is 12.9. The molecule has 11 nitrogen and oxygen atoms in total. The highest BCUT2D eigenvalue weighted by Gasteiger charge is 2.30. The fraction of sp³-hybridized carbons (Fsp3) is 0.345. The monoisotopic (exact) mass is 592 g/mol. The Kier molecular flexibility index (Phi) is 7.56. The van der Waals surface area contributed by atoms with Crippen molar-refractivity contribution >= 4 is 50.0 Å². The maximum absolute atomic E-state index is 13.5. The minimum Gasteiger partial charge on any atom is -0.369 e. The van der Waals surface area contributed by atoms with Crippen LogP contribution in [0.1, 0.15) is 22.3 Å². The lowest BCUT2D eigenvalue weighted by atomic mass is 10.0. The minimum atomic E-state index is -3.33. The van der Waals surface area contributed by atoms with E-state index in [4.69, 9.17) is 4.98 Å². The van der Waals surface area contributed by atoms with Crippen molar-refractivity contribution in [1.29, 1.82) is 0 Å². The first-order valence-electron chi connectivity index (χ1n) is 13.9. The third kappa shape index (κ3) is 5.94. The summed E-state index contributed by atoms with van der Waals surface area (Å²) in [4.78, 5) is 30.6. The fourth-order valence-corrected chi connectivity index (χ4v) is 6.31.